The molecule has 0 spiro atoms. The number of hydrogen-bond acceptors (Lipinski definition) is 6. The average molecular weight is 351 g/mol. The lowest BCUT2D eigenvalue weighted by molar-refractivity contribution is 0.0596. The van der Waals surface area contributed by atoms with Gasteiger partial charge in [-0.15, -0.1) is 12.4 Å². The number of pyridine rings is 1. The Morgan fingerprint density at radius 1 is 1.42 bits per heavy atom. The van der Waals surface area contributed by atoms with E-state index in [0.29, 0.717) is 23.4 Å². The molecule has 0 aliphatic rings. The lowest BCUT2D eigenvalue weighted by atomic mass is 10.1. The van der Waals surface area contributed by atoms with Crippen molar-refractivity contribution in [2.45, 2.75) is 13.0 Å². The number of nitrogens with one attached hydrogen (secondary N) is 2. The Kier molecular flexibility index (Phi) is 5.16. The standard InChI is InChI=1S/C16H18N4O3.ClH/c1-8(17)7-18-14-13-9-3-6-12(21)19-10(9)4-5-11(13)20-15(14)16(22)23-2;/h3-6,8,18,20H,7,17H2,1-2H3,(H,19,21);1H/t8-;/m1./s1. The van der Waals surface area contributed by atoms with Crippen molar-refractivity contribution >= 4 is 45.9 Å². The Morgan fingerprint density at radius 2 is 2.17 bits per heavy atom. The first kappa shape index (κ1) is 17.8. The fourth-order valence-electron chi connectivity index (χ4n) is 2.58. The molecule has 7 nitrogen and oxygen atoms in total. The molecule has 0 saturated heterocycles. The number of carbonyl (C=O) groups excluding carboxylic acids is 1. The van der Waals surface area contributed by atoms with Crippen LogP contribution in [0.3, 0.4) is 0 Å². The van der Waals surface area contributed by atoms with Gasteiger partial charge in [0.25, 0.3) is 0 Å². The minimum Gasteiger partial charge on any atom is -0.493 e. The summed E-state index contributed by atoms with van der Waals surface area (Å²) in [5, 5.41) is 14.4. The third kappa shape index (κ3) is 3.08. The van der Waals surface area contributed by atoms with Crippen LogP contribution in [0.5, 0.6) is 5.88 Å². The molecule has 0 radical (unpaired) electrons. The lowest BCUT2D eigenvalue weighted by Gasteiger charge is -2.11. The van der Waals surface area contributed by atoms with Gasteiger partial charge in [0.05, 0.1) is 18.3 Å². The number of nitrogens with two attached hydrogens (primary N) is 1. The molecule has 8 heteroatoms. The molecule has 0 unspecified atom stereocenters. The molecule has 0 aliphatic heterocycles. The summed E-state index contributed by atoms with van der Waals surface area (Å²) < 4.78 is 4.85. The van der Waals surface area contributed by atoms with Crippen LogP contribution >= 0.6 is 12.4 Å². The molecule has 2 aromatic heterocycles. The maximum Gasteiger partial charge on any atom is 0.356 e. The molecule has 0 aliphatic carbocycles. The minimum absolute atomic E-state index is 0. The van der Waals surface area contributed by atoms with Crippen molar-refractivity contribution in [1.29, 1.82) is 0 Å². The number of aromatic hydroxyl groups is 1. The quantitative estimate of drug-likeness (QED) is 0.537. The molecule has 0 saturated carbocycles. The predicted molar refractivity (Wildman–Crippen MR) is 96.0 cm³/mol. The fourth-order valence-corrected chi connectivity index (χ4v) is 2.58. The number of anilines is 1. The summed E-state index contributed by atoms with van der Waals surface area (Å²) in [4.78, 5) is 19.2. The predicted octanol–water partition coefficient (Wildman–Crippen LogP) is 2.39. The second kappa shape index (κ2) is 6.94. The highest BCUT2D eigenvalue weighted by Crippen LogP contribution is 2.34. The van der Waals surface area contributed by atoms with Crippen molar-refractivity contribution in [3.8, 4) is 5.88 Å². The largest absolute Gasteiger partial charge is 0.493 e. The number of rotatable bonds is 4. The molecule has 128 valence electrons. The number of carbonyl (C=O) groups is 1. The number of methoxy groups -OCH3 is 1. The van der Waals surface area contributed by atoms with Crippen LogP contribution in [0.4, 0.5) is 5.69 Å². The number of fused-ring (bicyclic) bond motifs is 3. The first-order valence-electron chi connectivity index (χ1n) is 7.23. The van der Waals surface area contributed by atoms with Crippen molar-refractivity contribution in [1.82, 2.24) is 9.97 Å². The van der Waals surface area contributed by atoms with Crippen LogP contribution in [-0.4, -0.2) is 40.7 Å². The van der Waals surface area contributed by atoms with Gasteiger partial charge in [0, 0.05) is 34.9 Å². The molecule has 0 fully saturated rings. The van der Waals surface area contributed by atoms with E-state index in [0.717, 1.165) is 16.3 Å². The first-order valence-corrected chi connectivity index (χ1v) is 7.23. The van der Waals surface area contributed by atoms with Crippen LogP contribution < -0.4 is 11.1 Å². The molecular weight excluding hydrogens is 332 g/mol. The number of H-pyrrole nitrogens is 1. The van der Waals surface area contributed by atoms with E-state index in [4.69, 9.17) is 10.5 Å². The minimum atomic E-state index is -0.465. The van der Waals surface area contributed by atoms with Crippen LogP contribution in [0.25, 0.3) is 21.8 Å². The fraction of sp³-hybridized carbons (Fsp3) is 0.250. The van der Waals surface area contributed by atoms with Crippen LogP contribution in [0.2, 0.25) is 0 Å². The Hall–Kier alpha value is -2.51. The molecule has 3 aromatic rings. The molecule has 2 heterocycles. The number of halogens is 1. The van der Waals surface area contributed by atoms with Gasteiger partial charge in [-0.3, -0.25) is 0 Å². The van der Waals surface area contributed by atoms with Gasteiger partial charge in [-0.2, -0.15) is 0 Å². The average Bonchev–Trinajstić information content (AvgIpc) is 2.90. The lowest BCUT2D eigenvalue weighted by Crippen LogP contribution is -2.25. The number of aromatic nitrogens is 2. The molecule has 24 heavy (non-hydrogen) atoms. The topological polar surface area (TPSA) is 113 Å². The highest BCUT2D eigenvalue weighted by atomic mass is 35.5. The Morgan fingerprint density at radius 3 is 2.83 bits per heavy atom. The van der Waals surface area contributed by atoms with E-state index in [2.05, 4.69) is 15.3 Å². The van der Waals surface area contributed by atoms with Crippen LogP contribution in [0, 0.1) is 0 Å². The molecule has 1 atom stereocenters. The maximum absolute atomic E-state index is 12.1. The normalized spacial score (nSPS) is 12.0. The molecule has 1 aromatic carbocycles. The summed E-state index contributed by atoms with van der Waals surface area (Å²) in [6.45, 7) is 2.37. The maximum atomic E-state index is 12.1. The Labute approximate surface area is 144 Å². The highest BCUT2D eigenvalue weighted by molar-refractivity contribution is 6.16. The zero-order valence-corrected chi connectivity index (χ0v) is 14.1. The highest BCUT2D eigenvalue weighted by Gasteiger charge is 2.20. The summed E-state index contributed by atoms with van der Waals surface area (Å²) in [7, 11) is 1.33. The van der Waals surface area contributed by atoms with E-state index in [-0.39, 0.29) is 24.3 Å². The number of benzene rings is 1. The monoisotopic (exact) mass is 350 g/mol. The summed E-state index contributed by atoms with van der Waals surface area (Å²) in [6, 6.07) is 6.80. The molecule has 0 amide bonds. The molecule has 5 N–H and O–H groups in total. The van der Waals surface area contributed by atoms with Gasteiger partial charge in [-0.25, -0.2) is 9.78 Å². The Balaban J connectivity index is 0.00000208. The van der Waals surface area contributed by atoms with Crippen molar-refractivity contribution in [2.24, 2.45) is 5.73 Å². The van der Waals surface area contributed by atoms with Gasteiger partial charge >= 0.3 is 5.97 Å². The molecular formula is C16H19ClN4O3. The third-order valence-corrected chi connectivity index (χ3v) is 3.61. The smallest absolute Gasteiger partial charge is 0.356 e. The number of nitrogens with zero attached hydrogens (tertiary/aromatic N) is 1. The summed E-state index contributed by atoms with van der Waals surface area (Å²) >= 11 is 0. The van der Waals surface area contributed by atoms with E-state index in [1.807, 2.05) is 13.0 Å². The second-order valence-corrected chi connectivity index (χ2v) is 5.45. The van der Waals surface area contributed by atoms with E-state index < -0.39 is 5.97 Å². The van der Waals surface area contributed by atoms with Gasteiger partial charge < -0.3 is 25.9 Å². The number of ether oxygens (including phenoxy) is 1. The van der Waals surface area contributed by atoms with E-state index in [9.17, 15) is 9.90 Å². The summed E-state index contributed by atoms with van der Waals surface area (Å²) in [5.74, 6) is -0.515. The first-order chi connectivity index (χ1) is 11.0. The summed E-state index contributed by atoms with van der Waals surface area (Å²) in [6.07, 6.45) is 0. The van der Waals surface area contributed by atoms with Crippen LogP contribution in [-0.2, 0) is 4.74 Å². The molecule has 3 rings (SSSR count). The van der Waals surface area contributed by atoms with Gasteiger partial charge in [0.2, 0.25) is 5.88 Å². The zero-order valence-electron chi connectivity index (χ0n) is 13.3. The summed E-state index contributed by atoms with van der Waals surface area (Å²) in [5.41, 5.74) is 8.19. The van der Waals surface area contributed by atoms with Gasteiger partial charge in [-0.1, -0.05) is 0 Å². The van der Waals surface area contributed by atoms with Gasteiger partial charge in [-0.05, 0) is 25.1 Å². The Bertz CT molecular complexity index is 892. The van der Waals surface area contributed by atoms with Crippen molar-refractivity contribution in [2.75, 3.05) is 19.0 Å². The van der Waals surface area contributed by atoms with Gasteiger partial charge in [0.1, 0.15) is 5.69 Å². The number of hydrogen-bond donors (Lipinski definition) is 4. The number of aromatic amines is 1. The van der Waals surface area contributed by atoms with Crippen molar-refractivity contribution < 1.29 is 14.6 Å². The van der Waals surface area contributed by atoms with Crippen molar-refractivity contribution in [3.63, 3.8) is 0 Å². The SMILES string of the molecule is COC(=O)c1[nH]c2ccc3nc(O)ccc3c2c1NC[C@@H](C)N.Cl. The zero-order chi connectivity index (χ0) is 16.6. The van der Waals surface area contributed by atoms with E-state index in [1.165, 1.54) is 13.2 Å². The van der Waals surface area contributed by atoms with E-state index in [1.54, 1.807) is 12.1 Å². The van der Waals surface area contributed by atoms with E-state index >= 15 is 0 Å². The van der Waals surface area contributed by atoms with Crippen LogP contribution in [0.1, 0.15) is 17.4 Å². The van der Waals surface area contributed by atoms with Crippen molar-refractivity contribution in [3.05, 3.63) is 30.0 Å². The van der Waals surface area contributed by atoms with Crippen LogP contribution in [0.15, 0.2) is 24.3 Å². The van der Waals surface area contributed by atoms with Gasteiger partial charge in [0.15, 0.2) is 0 Å². The number of esters is 1. The molecule has 0 bridgehead atoms. The second-order valence-electron chi connectivity index (χ2n) is 5.45. The third-order valence-electron chi connectivity index (χ3n) is 3.61.